The van der Waals surface area contributed by atoms with E-state index in [1.54, 1.807) is 11.3 Å². The first-order valence-corrected chi connectivity index (χ1v) is 8.11. The molecule has 0 unspecified atom stereocenters. The third-order valence-electron chi connectivity index (χ3n) is 3.82. The maximum absolute atomic E-state index is 12.2. The lowest BCUT2D eigenvalue weighted by Crippen LogP contribution is -2.50. The van der Waals surface area contributed by atoms with Gasteiger partial charge in [-0.1, -0.05) is 0 Å². The van der Waals surface area contributed by atoms with Crippen molar-refractivity contribution in [2.75, 3.05) is 0 Å². The smallest absolute Gasteiger partial charge is 0.318 e. The third kappa shape index (κ3) is 2.69. The fourth-order valence-corrected chi connectivity index (χ4v) is 4.39. The van der Waals surface area contributed by atoms with E-state index in [9.17, 15) is 9.59 Å². The highest BCUT2D eigenvalue weighted by Crippen LogP contribution is 2.33. The first kappa shape index (κ1) is 13.1. The summed E-state index contributed by atoms with van der Waals surface area (Å²) in [6.45, 7) is 0.555. The second-order valence-corrected chi connectivity index (χ2v) is 7.04. The summed E-state index contributed by atoms with van der Waals surface area (Å²) >= 11 is 5.02. The van der Waals surface area contributed by atoms with E-state index < -0.39 is 0 Å². The summed E-state index contributed by atoms with van der Waals surface area (Å²) in [5.41, 5.74) is 0. The van der Waals surface area contributed by atoms with Gasteiger partial charge in [-0.05, 0) is 34.8 Å². The maximum Gasteiger partial charge on any atom is 0.318 e. The van der Waals surface area contributed by atoms with Gasteiger partial charge in [-0.3, -0.25) is 4.79 Å². The van der Waals surface area contributed by atoms with E-state index >= 15 is 0 Å². The molecule has 2 amide bonds. The predicted octanol–water partition coefficient (Wildman–Crippen LogP) is 2.92. The summed E-state index contributed by atoms with van der Waals surface area (Å²) in [6, 6.07) is 2.24. The number of amides is 2. The van der Waals surface area contributed by atoms with E-state index in [0.717, 1.165) is 22.2 Å². The van der Waals surface area contributed by atoms with Crippen molar-refractivity contribution < 1.29 is 9.59 Å². The molecule has 1 aromatic heterocycles. The number of Topliss-reactive ketones (excluding diaryl/α,β-unsaturated/α-hetero) is 1. The Balaban J connectivity index is 1.60. The molecular weight excluding hydrogens is 328 g/mol. The molecule has 0 spiro atoms. The molecule has 2 aliphatic rings. The maximum atomic E-state index is 12.2. The van der Waals surface area contributed by atoms with Gasteiger partial charge < -0.3 is 10.2 Å². The van der Waals surface area contributed by atoms with Gasteiger partial charge in [0.25, 0.3) is 0 Å². The van der Waals surface area contributed by atoms with Crippen LogP contribution in [0.1, 0.15) is 30.6 Å². The summed E-state index contributed by atoms with van der Waals surface area (Å²) in [6.07, 6.45) is 3.01. The Bertz CT molecular complexity index is 500. The van der Waals surface area contributed by atoms with Gasteiger partial charge in [0.2, 0.25) is 0 Å². The van der Waals surface area contributed by atoms with Crippen LogP contribution in [0.5, 0.6) is 0 Å². The number of piperidine rings is 1. The zero-order chi connectivity index (χ0) is 13.4. The summed E-state index contributed by atoms with van der Waals surface area (Å²) in [5.74, 6) is 0.304. The second kappa shape index (κ2) is 5.25. The molecule has 1 aromatic rings. The van der Waals surface area contributed by atoms with Crippen LogP contribution in [0.3, 0.4) is 0 Å². The number of urea groups is 1. The third-order valence-corrected chi connectivity index (χ3v) is 5.51. The average molecular weight is 343 g/mol. The molecule has 0 aromatic carbocycles. The van der Waals surface area contributed by atoms with E-state index in [0.29, 0.717) is 25.2 Å². The van der Waals surface area contributed by atoms with Crippen LogP contribution in [0.25, 0.3) is 0 Å². The number of carbonyl (C=O) groups excluding carboxylic acids is 2. The normalized spacial score (nSPS) is 25.7. The molecule has 3 heterocycles. The summed E-state index contributed by atoms with van der Waals surface area (Å²) in [4.78, 5) is 26.8. The molecule has 1 N–H and O–H groups in total. The molecule has 2 saturated heterocycles. The molecular formula is C13H15BrN2O2S. The van der Waals surface area contributed by atoms with Crippen LogP contribution in [-0.4, -0.2) is 28.8 Å². The monoisotopic (exact) mass is 342 g/mol. The SMILES string of the molecule is O=C1C[C@H]2CC[C@@H](C1)N2C(=O)NCc1cc(Br)cs1. The Labute approximate surface area is 124 Å². The van der Waals surface area contributed by atoms with Crippen LogP contribution < -0.4 is 5.32 Å². The van der Waals surface area contributed by atoms with Crippen molar-refractivity contribution in [3.8, 4) is 0 Å². The lowest BCUT2D eigenvalue weighted by atomic mass is 10.0. The Hall–Kier alpha value is -0.880. The minimum Gasteiger partial charge on any atom is -0.333 e. The lowest BCUT2D eigenvalue weighted by Gasteiger charge is -2.33. The Morgan fingerprint density at radius 2 is 2.11 bits per heavy atom. The van der Waals surface area contributed by atoms with Gasteiger partial charge in [-0.25, -0.2) is 4.79 Å². The molecule has 2 fully saturated rings. The first-order chi connectivity index (χ1) is 9.13. The Morgan fingerprint density at radius 1 is 1.42 bits per heavy atom. The fourth-order valence-electron chi connectivity index (χ4n) is 3.00. The topological polar surface area (TPSA) is 49.4 Å². The predicted molar refractivity (Wildman–Crippen MR) is 77.1 cm³/mol. The number of nitrogens with zero attached hydrogens (tertiary/aromatic N) is 1. The number of hydrogen-bond donors (Lipinski definition) is 1. The largest absolute Gasteiger partial charge is 0.333 e. The molecule has 0 saturated carbocycles. The molecule has 2 aliphatic heterocycles. The van der Waals surface area contributed by atoms with Crippen molar-refractivity contribution in [1.29, 1.82) is 0 Å². The molecule has 2 atom stereocenters. The number of rotatable bonds is 2. The number of carbonyl (C=O) groups is 2. The van der Waals surface area contributed by atoms with E-state index in [4.69, 9.17) is 0 Å². The molecule has 0 radical (unpaired) electrons. The standard InChI is InChI=1S/C13H15BrN2O2S/c14-8-3-12(19-7-8)6-15-13(18)16-9-1-2-10(16)5-11(17)4-9/h3,7,9-10H,1-2,4-6H2,(H,15,18)/t9-,10+. The van der Waals surface area contributed by atoms with Gasteiger partial charge in [0.05, 0.1) is 6.54 Å². The van der Waals surface area contributed by atoms with E-state index in [1.807, 2.05) is 16.3 Å². The quantitative estimate of drug-likeness (QED) is 0.898. The van der Waals surface area contributed by atoms with E-state index in [2.05, 4.69) is 21.2 Å². The summed E-state index contributed by atoms with van der Waals surface area (Å²) in [5, 5.41) is 4.97. The molecule has 102 valence electrons. The minimum absolute atomic E-state index is 0.0236. The summed E-state index contributed by atoms with van der Waals surface area (Å²) in [7, 11) is 0. The zero-order valence-corrected chi connectivity index (χ0v) is 12.8. The Morgan fingerprint density at radius 3 is 2.68 bits per heavy atom. The number of nitrogens with one attached hydrogen (secondary N) is 1. The van der Waals surface area contributed by atoms with Gasteiger partial charge in [0, 0.05) is 39.7 Å². The van der Waals surface area contributed by atoms with Crippen LogP contribution in [-0.2, 0) is 11.3 Å². The highest BCUT2D eigenvalue weighted by Gasteiger charge is 2.42. The molecule has 4 nitrogen and oxygen atoms in total. The lowest BCUT2D eigenvalue weighted by molar-refractivity contribution is -0.122. The highest BCUT2D eigenvalue weighted by molar-refractivity contribution is 9.10. The van der Waals surface area contributed by atoms with Gasteiger partial charge >= 0.3 is 6.03 Å². The van der Waals surface area contributed by atoms with Crippen LogP contribution in [0, 0.1) is 0 Å². The van der Waals surface area contributed by atoms with Gasteiger partial charge in [-0.15, -0.1) is 11.3 Å². The molecule has 2 bridgehead atoms. The van der Waals surface area contributed by atoms with E-state index in [1.165, 1.54) is 0 Å². The van der Waals surface area contributed by atoms with Crippen LogP contribution >= 0.6 is 27.3 Å². The number of halogens is 1. The number of ketones is 1. The Kier molecular flexibility index (Phi) is 3.62. The fraction of sp³-hybridized carbons (Fsp3) is 0.538. The average Bonchev–Trinajstić information content (AvgIpc) is 2.89. The zero-order valence-electron chi connectivity index (χ0n) is 10.4. The molecule has 3 rings (SSSR count). The van der Waals surface area contributed by atoms with Gasteiger partial charge in [-0.2, -0.15) is 0 Å². The summed E-state index contributed by atoms with van der Waals surface area (Å²) < 4.78 is 1.05. The van der Waals surface area contributed by atoms with Gasteiger partial charge in [0.15, 0.2) is 0 Å². The van der Waals surface area contributed by atoms with Crippen LogP contribution in [0.15, 0.2) is 15.9 Å². The van der Waals surface area contributed by atoms with Crippen molar-refractivity contribution in [1.82, 2.24) is 10.2 Å². The van der Waals surface area contributed by atoms with Crippen molar-refractivity contribution in [2.45, 2.75) is 44.3 Å². The number of hydrogen-bond acceptors (Lipinski definition) is 3. The van der Waals surface area contributed by atoms with Crippen molar-refractivity contribution >= 4 is 39.1 Å². The number of thiophene rings is 1. The number of fused-ring (bicyclic) bond motifs is 2. The molecule has 6 heteroatoms. The van der Waals surface area contributed by atoms with Crippen molar-refractivity contribution in [3.63, 3.8) is 0 Å². The van der Waals surface area contributed by atoms with Gasteiger partial charge in [0.1, 0.15) is 5.78 Å². The highest BCUT2D eigenvalue weighted by atomic mass is 79.9. The van der Waals surface area contributed by atoms with Crippen molar-refractivity contribution in [2.24, 2.45) is 0 Å². The van der Waals surface area contributed by atoms with Crippen molar-refractivity contribution in [3.05, 3.63) is 20.8 Å². The molecule has 19 heavy (non-hydrogen) atoms. The van der Waals surface area contributed by atoms with E-state index in [-0.39, 0.29) is 18.1 Å². The first-order valence-electron chi connectivity index (χ1n) is 6.44. The molecule has 0 aliphatic carbocycles. The second-order valence-electron chi connectivity index (χ2n) is 5.13. The minimum atomic E-state index is -0.0236. The van der Waals surface area contributed by atoms with Crippen LogP contribution in [0.4, 0.5) is 4.79 Å². The van der Waals surface area contributed by atoms with Crippen LogP contribution in [0.2, 0.25) is 0 Å².